The first-order chi connectivity index (χ1) is 7.15. The third kappa shape index (κ3) is 2.60. The summed E-state index contributed by atoms with van der Waals surface area (Å²) in [5, 5.41) is 0. The fourth-order valence-electron chi connectivity index (χ4n) is 2.56. The maximum atomic E-state index is 5.93. The molecular weight excluding hydrogens is 182 g/mol. The number of aryl methyl sites for hydroxylation is 2. The summed E-state index contributed by atoms with van der Waals surface area (Å²) in [5.74, 6) is 0.821. The average molecular weight is 203 g/mol. The minimum absolute atomic E-state index is 0.460. The van der Waals surface area contributed by atoms with Gasteiger partial charge in [-0.25, -0.2) is 0 Å². The van der Waals surface area contributed by atoms with E-state index in [9.17, 15) is 0 Å². The zero-order valence-corrected chi connectivity index (χ0v) is 9.79. The molecule has 1 fully saturated rings. The molecule has 2 unspecified atom stereocenters. The van der Waals surface area contributed by atoms with Crippen LogP contribution < -0.4 is 5.73 Å². The van der Waals surface area contributed by atoms with Gasteiger partial charge in [-0.05, 0) is 62.1 Å². The number of benzene rings is 1. The predicted molar refractivity (Wildman–Crippen MR) is 64.9 cm³/mol. The van der Waals surface area contributed by atoms with Crippen molar-refractivity contribution in [1.29, 1.82) is 0 Å². The van der Waals surface area contributed by atoms with E-state index < -0.39 is 0 Å². The summed E-state index contributed by atoms with van der Waals surface area (Å²) in [5.41, 5.74) is 10.2. The molecule has 2 atom stereocenters. The molecule has 1 heteroatoms. The van der Waals surface area contributed by atoms with Crippen molar-refractivity contribution in [2.75, 3.05) is 0 Å². The van der Waals surface area contributed by atoms with E-state index in [2.05, 4.69) is 32.0 Å². The number of hydrogen-bond acceptors (Lipinski definition) is 1. The molecule has 1 aliphatic carbocycles. The lowest BCUT2D eigenvalue weighted by Crippen LogP contribution is -2.15. The van der Waals surface area contributed by atoms with Gasteiger partial charge < -0.3 is 5.73 Å². The van der Waals surface area contributed by atoms with Gasteiger partial charge in [0, 0.05) is 6.04 Å². The summed E-state index contributed by atoms with van der Waals surface area (Å²) >= 11 is 0. The normalized spacial score (nSPS) is 25.8. The van der Waals surface area contributed by atoms with Crippen molar-refractivity contribution >= 4 is 0 Å². The van der Waals surface area contributed by atoms with Crippen LogP contribution in [0.15, 0.2) is 18.2 Å². The summed E-state index contributed by atoms with van der Waals surface area (Å²) in [6.07, 6.45) is 4.96. The molecule has 15 heavy (non-hydrogen) atoms. The molecule has 0 amide bonds. The zero-order valence-electron chi connectivity index (χ0n) is 9.79. The van der Waals surface area contributed by atoms with Crippen molar-refractivity contribution < 1.29 is 0 Å². The van der Waals surface area contributed by atoms with Gasteiger partial charge in [0.1, 0.15) is 0 Å². The van der Waals surface area contributed by atoms with Gasteiger partial charge in [-0.15, -0.1) is 0 Å². The van der Waals surface area contributed by atoms with Gasteiger partial charge in [-0.2, -0.15) is 0 Å². The molecule has 1 saturated carbocycles. The summed E-state index contributed by atoms with van der Waals surface area (Å²) < 4.78 is 0. The van der Waals surface area contributed by atoms with Gasteiger partial charge in [0.05, 0.1) is 0 Å². The largest absolute Gasteiger partial charge is 0.328 e. The molecule has 1 aromatic carbocycles. The van der Waals surface area contributed by atoms with Crippen LogP contribution in [0.25, 0.3) is 0 Å². The highest BCUT2D eigenvalue weighted by Gasteiger charge is 2.21. The molecule has 1 aromatic rings. The van der Waals surface area contributed by atoms with Gasteiger partial charge in [0.25, 0.3) is 0 Å². The molecule has 0 aromatic heterocycles. The Kier molecular flexibility index (Phi) is 3.11. The average Bonchev–Trinajstić information content (AvgIpc) is 2.58. The summed E-state index contributed by atoms with van der Waals surface area (Å²) in [7, 11) is 0. The summed E-state index contributed by atoms with van der Waals surface area (Å²) in [6.45, 7) is 4.36. The third-order valence-electron chi connectivity index (χ3n) is 3.68. The van der Waals surface area contributed by atoms with Gasteiger partial charge in [-0.1, -0.05) is 18.2 Å². The van der Waals surface area contributed by atoms with E-state index in [0.717, 1.165) is 5.92 Å². The van der Waals surface area contributed by atoms with E-state index in [1.165, 1.54) is 42.4 Å². The second kappa shape index (κ2) is 4.36. The lowest BCUT2D eigenvalue weighted by molar-refractivity contribution is 0.535. The Bertz CT molecular complexity index is 343. The fraction of sp³-hybridized carbons (Fsp3) is 0.571. The molecule has 0 heterocycles. The lowest BCUT2D eigenvalue weighted by Gasteiger charge is -2.11. The van der Waals surface area contributed by atoms with Crippen LogP contribution in [-0.2, 0) is 6.42 Å². The van der Waals surface area contributed by atoms with Gasteiger partial charge in [-0.3, -0.25) is 0 Å². The van der Waals surface area contributed by atoms with Crippen LogP contribution in [0.1, 0.15) is 36.0 Å². The van der Waals surface area contributed by atoms with Crippen molar-refractivity contribution in [3.63, 3.8) is 0 Å². The fourth-order valence-corrected chi connectivity index (χ4v) is 2.56. The molecule has 0 spiro atoms. The zero-order chi connectivity index (χ0) is 10.8. The van der Waals surface area contributed by atoms with E-state index in [4.69, 9.17) is 5.73 Å². The smallest absolute Gasteiger partial charge is 0.00416 e. The van der Waals surface area contributed by atoms with E-state index in [0.29, 0.717) is 6.04 Å². The predicted octanol–water partition coefficient (Wildman–Crippen LogP) is 2.97. The highest BCUT2D eigenvalue weighted by Crippen LogP contribution is 2.27. The van der Waals surface area contributed by atoms with Crippen LogP contribution in [0, 0.1) is 19.8 Å². The minimum atomic E-state index is 0.460. The van der Waals surface area contributed by atoms with Crippen molar-refractivity contribution in [2.45, 2.75) is 45.6 Å². The van der Waals surface area contributed by atoms with Crippen molar-refractivity contribution in [1.82, 2.24) is 0 Å². The molecule has 1 aliphatic rings. The standard InChI is InChI=1S/C14H21N/c1-10-3-4-12(7-11(10)2)8-13-5-6-14(15)9-13/h3-4,7,13-14H,5-6,8-9,15H2,1-2H3. The van der Waals surface area contributed by atoms with Gasteiger partial charge in [0.2, 0.25) is 0 Å². The highest BCUT2D eigenvalue weighted by atomic mass is 14.6. The molecule has 0 saturated heterocycles. The Labute approximate surface area is 92.7 Å². The Morgan fingerprint density at radius 3 is 2.60 bits per heavy atom. The monoisotopic (exact) mass is 203 g/mol. The van der Waals surface area contributed by atoms with Crippen LogP contribution >= 0.6 is 0 Å². The van der Waals surface area contributed by atoms with Crippen LogP contribution in [0.3, 0.4) is 0 Å². The second-order valence-electron chi connectivity index (χ2n) is 5.06. The van der Waals surface area contributed by atoms with Crippen LogP contribution in [0.5, 0.6) is 0 Å². The maximum Gasteiger partial charge on any atom is 0.00416 e. The van der Waals surface area contributed by atoms with Crippen molar-refractivity contribution in [2.24, 2.45) is 11.7 Å². The Morgan fingerprint density at radius 1 is 1.20 bits per heavy atom. The van der Waals surface area contributed by atoms with E-state index in [1.807, 2.05) is 0 Å². The highest BCUT2D eigenvalue weighted by molar-refractivity contribution is 5.30. The first kappa shape index (κ1) is 10.7. The first-order valence-corrected chi connectivity index (χ1v) is 5.97. The number of hydrogen-bond donors (Lipinski definition) is 1. The molecule has 0 radical (unpaired) electrons. The van der Waals surface area contributed by atoms with Crippen LogP contribution in [0.4, 0.5) is 0 Å². The molecule has 0 bridgehead atoms. The summed E-state index contributed by atoms with van der Waals surface area (Å²) in [4.78, 5) is 0. The van der Waals surface area contributed by atoms with Gasteiger partial charge >= 0.3 is 0 Å². The quantitative estimate of drug-likeness (QED) is 0.785. The first-order valence-electron chi connectivity index (χ1n) is 5.97. The van der Waals surface area contributed by atoms with Gasteiger partial charge in [0.15, 0.2) is 0 Å². The molecular formula is C14H21N. The van der Waals surface area contributed by atoms with E-state index in [-0.39, 0.29) is 0 Å². The number of rotatable bonds is 2. The van der Waals surface area contributed by atoms with Crippen LogP contribution in [0.2, 0.25) is 0 Å². The Hall–Kier alpha value is -0.820. The number of nitrogens with two attached hydrogens (primary N) is 1. The third-order valence-corrected chi connectivity index (χ3v) is 3.68. The summed E-state index contributed by atoms with van der Waals surface area (Å²) in [6, 6.07) is 7.30. The second-order valence-corrected chi connectivity index (χ2v) is 5.06. The molecule has 2 N–H and O–H groups in total. The van der Waals surface area contributed by atoms with E-state index in [1.54, 1.807) is 0 Å². The maximum absolute atomic E-state index is 5.93. The van der Waals surface area contributed by atoms with Crippen molar-refractivity contribution in [3.8, 4) is 0 Å². The molecule has 2 rings (SSSR count). The minimum Gasteiger partial charge on any atom is -0.328 e. The molecule has 82 valence electrons. The molecule has 1 nitrogen and oxygen atoms in total. The lowest BCUT2D eigenvalue weighted by atomic mass is 9.95. The Morgan fingerprint density at radius 2 is 2.00 bits per heavy atom. The SMILES string of the molecule is Cc1ccc(CC2CCC(N)C2)cc1C. The topological polar surface area (TPSA) is 26.0 Å². The molecule has 0 aliphatic heterocycles. The van der Waals surface area contributed by atoms with Crippen molar-refractivity contribution in [3.05, 3.63) is 34.9 Å². The van der Waals surface area contributed by atoms with Crippen LogP contribution in [-0.4, -0.2) is 6.04 Å². The van der Waals surface area contributed by atoms with E-state index >= 15 is 0 Å². The Balaban J connectivity index is 2.02.